The summed E-state index contributed by atoms with van der Waals surface area (Å²) < 4.78 is 50.9. The molecule has 0 bridgehead atoms. The molecule has 1 saturated heterocycles. The Bertz CT molecular complexity index is 853. The van der Waals surface area contributed by atoms with Crippen molar-refractivity contribution in [1.82, 2.24) is 4.31 Å². The SMILES string of the molecule is COC(=O)[C@@H]1C[C@@H](Oc2ccccc2F)CN1S(=O)(=O)c1cccs1. The van der Waals surface area contributed by atoms with E-state index in [9.17, 15) is 17.6 Å². The Morgan fingerprint density at radius 3 is 2.68 bits per heavy atom. The number of thiophene rings is 1. The summed E-state index contributed by atoms with van der Waals surface area (Å²) in [5.41, 5.74) is 0. The number of sulfonamides is 1. The average molecular weight is 385 g/mol. The quantitative estimate of drug-likeness (QED) is 0.739. The largest absolute Gasteiger partial charge is 0.486 e. The Labute approximate surface area is 148 Å². The normalized spacial score (nSPS) is 21.2. The van der Waals surface area contributed by atoms with Crippen LogP contribution in [0.25, 0.3) is 0 Å². The molecule has 3 rings (SSSR count). The first-order chi connectivity index (χ1) is 11.9. The first-order valence-corrected chi connectivity index (χ1v) is 9.80. The number of para-hydroxylation sites is 1. The highest BCUT2D eigenvalue weighted by Gasteiger charge is 2.46. The summed E-state index contributed by atoms with van der Waals surface area (Å²) in [6.07, 6.45) is -0.568. The first-order valence-electron chi connectivity index (χ1n) is 7.48. The standard InChI is InChI=1S/C16H16FNO5S2/c1-22-16(19)13-9-11(23-14-6-3-2-5-12(14)17)10-18(13)25(20,21)15-7-4-8-24-15/h2-8,11,13H,9-10H2,1H3/t11-,13+/m1/s1. The molecular weight excluding hydrogens is 369 g/mol. The molecule has 0 saturated carbocycles. The molecule has 1 aliphatic rings. The minimum atomic E-state index is -3.86. The van der Waals surface area contributed by atoms with Gasteiger partial charge in [-0.1, -0.05) is 18.2 Å². The van der Waals surface area contributed by atoms with Gasteiger partial charge in [-0.15, -0.1) is 11.3 Å². The van der Waals surface area contributed by atoms with Crippen molar-refractivity contribution in [3.05, 3.63) is 47.6 Å². The number of ether oxygens (including phenoxy) is 2. The number of esters is 1. The third-order valence-corrected chi connectivity index (χ3v) is 7.13. The number of carbonyl (C=O) groups excluding carboxylic acids is 1. The van der Waals surface area contributed by atoms with E-state index in [1.165, 1.54) is 31.4 Å². The number of nitrogens with zero attached hydrogens (tertiary/aromatic N) is 1. The molecule has 0 unspecified atom stereocenters. The number of halogens is 1. The van der Waals surface area contributed by atoms with E-state index in [1.807, 2.05) is 0 Å². The summed E-state index contributed by atoms with van der Waals surface area (Å²) >= 11 is 1.06. The van der Waals surface area contributed by atoms with Gasteiger partial charge >= 0.3 is 5.97 Å². The molecule has 25 heavy (non-hydrogen) atoms. The average Bonchev–Trinajstić information content (AvgIpc) is 3.26. The minimum Gasteiger partial charge on any atom is -0.486 e. The van der Waals surface area contributed by atoms with Crippen molar-refractivity contribution in [3.8, 4) is 5.75 Å². The molecule has 1 aromatic heterocycles. The van der Waals surface area contributed by atoms with E-state index >= 15 is 0 Å². The van der Waals surface area contributed by atoms with Crippen LogP contribution in [0, 0.1) is 5.82 Å². The molecule has 1 aromatic carbocycles. The van der Waals surface area contributed by atoms with Crippen molar-refractivity contribution in [2.45, 2.75) is 22.8 Å². The van der Waals surface area contributed by atoms with Gasteiger partial charge in [0.05, 0.1) is 13.7 Å². The van der Waals surface area contributed by atoms with Crippen LogP contribution in [0.5, 0.6) is 5.75 Å². The van der Waals surface area contributed by atoms with Crippen LogP contribution in [0.4, 0.5) is 4.39 Å². The first kappa shape index (κ1) is 17.8. The predicted octanol–water partition coefficient (Wildman–Crippen LogP) is 2.27. The van der Waals surface area contributed by atoms with Gasteiger partial charge in [-0.25, -0.2) is 12.8 Å². The van der Waals surface area contributed by atoms with Crippen LogP contribution in [0.3, 0.4) is 0 Å². The number of hydrogen-bond acceptors (Lipinski definition) is 6. The summed E-state index contributed by atoms with van der Waals surface area (Å²) in [5.74, 6) is -1.19. The molecule has 1 fully saturated rings. The third kappa shape index (κ3) is 3.53. The van der Waals surface area contributed by atoms with Gasteiger partial charge in [0.2, 0.25) is 0 Å². The molecule has 9 heteroatoms. The molecule has 0 radical (unpaired) electrons. The molecule has 1 aliphatic heterocycles. The zero-order chi connectivity index (χ0) is 18.0. The summed E-state index contributed by atoms with van der Waals surface area (Å²) in [4.78, 5) is 12.1. The van der Waals surface area contributed by atoms with Gasteiger partial charge < -0.3 is 9.47 Å². The molecule has 2 aromatic rings. The molecule has 0 aliphatic carbocycles. The maximum atomic E-state index is 13.8. The van der Waals surface area contributed by atoms with Gasteiger partial charge in [0.15, 0.2) is 11.6 Å². The van der Waals surface area contributed by atoms with Crippen LogP contribution >= 0.6 is 11.3 Å². The van der Waals surface area contributed by atoms with E-state index in [2.05, 4.69) is 0 Å². The van der Waals surface area contributed by atoms with Gasteiger partial charge in [0.25, 0.3) is 10.0 Å². The fourth-order valence-electron chi connectivity index (χ4n) is 2.72. The van der Waals surface area contributed by atoms with Gasteiger partial charge in [-0.2, -0.15) is 4.31 Å². The van der Waals surface area contributed by atoms with Crippen LogP contribution < -0.4 is 4.74 Å². The molecular formula is C16H16FNO5S2. The van der Waals surface area contributed by atoms with Crippen molar-refractivity contribution in [3.63, 3.8) is 0 Å². The van der Waals surface area contributed by atoms with Gasteiger partial charge in [-0.05, 0) is 23.6 Å². The molecule has 0 amide bonds. The Kier molecular flexibility index (Phi) is 5.07. The number of rotatable bonds is 5. The van der Waals surface area contributed by atoms with Crippen molar-refractivity contribution in [2.75, 3.05) is 13.7 Å². The lowest BCUT2D eigenvalue weighted by molar-refractivity contribution is -0.144. The minimum absolute atomic E-state index is 0.0199. The summed E-state index contributed by atoms with van der Waals surface area (Å²) in [7, 11) is -2.66. The van der Waals surface area contributed by atoms with Gasteiger partial charge in [0.1, 0.15) is 16.4 Å². The van der Waals surface area contributed by atoms with E-state index in [-0.39, 0.29) is 22.9 Å². The Balaban J connectivity index is 1.87. The van der Waals surface area contributed by atoms with E-state index < -0.39 is 34.0 Å². The Morgan fingerprint density at radius 1 is 1.28 bits per heavy atom. The summed E-state index contributed by atoms with van der Waals surface area (Å²) in [5, 5.41) is 1.64. The smallest absolute Gasteiger partial charge is 0.324 e. The van der Waals surface area contributed by atoms with Gasteiger partial charge in [-0.3, -0.25) is 4.79 Å². The van der Waals surface area contributed by atoms with E-state index in [0.717, 1.165) is 15.6 Å². The second-order valence-electron chi connectivity index (χ2n) is 5.45. The van der Waals surface area contributed by atoms with Crippen molar-refractivity contribution < 1.29 is 27.1 Å². The number of benzene rings is 1. The zero-order valence-corrected chi connectivity index (χ0v) is 14.9. The Morgan fingerprint density at radius 2 is 2.04 bits per heavy atom. The fraction of sp³-hybridized carbons (Fsp3) is 0.312. The monoisotopic (exact) mass is 385 g/mol. The maximum absolute atomic E-state index is 13.8. The van der Waals surface area contributed by atoms with Crippen LogP contribution in [-0.2, 0) is 19.6 Å². The van der Waals surface area contributed by atoms with Crippen LogP contribution in [0.15, 0.2) is 46.0 Å². The van der Waals surface area contributed by atoms with Crippen molar-refractivity contribution in [1.29, 1.82) is 0 Å². The van der Waals surface area contributed by atoms with E-state index in [0.29, 0.717) is 0 Å². The van der Waals surface area contributed by atoms with Crippen molar-refractivity contribution >= 4 is 27.3 Å². The summed E-state index contributed by atoms with van der Waals surface area (Å²) in [6, 6.07) is 7.94. The van der Waals surface area contributed by atoms with E-state index in [4.69, 9.17) is 9.47 Å². The highest BCUT2D eigenvalue weighted by atomic mass is 32.2. The number of methoxy groups -OCH3 is 1. The van der Waals surface area contributed by atoms with Crippen LogP contribution in [-0.4, -0.2) is 44.5 Å². The van der Waals surface area contributed by atoms with Crippen LogP contribution in [0.2, 0.25) is 0 Å². The lowest BCUT2D eigenvalue weighted by Gasteiger charge is -2.20. The lowest BCUT2D eigenvalue weighted by Crippen LogP contribution is -2.40. The summed E-state index contributed by atoms with van der Waals surface area (Å²) in [6.45, 7) is -0.0612. The lowest BCUT2D eigenvalue weighted by atomic mass is 10.2. The second-order valence-corrected chi connectivity index (χ2v) is 8.52. The topological polar surface area (TPSA) is 72.9 Å². The van der Waals surface area contributed by atoms with Crippen molar-refractivity contribution in [2.24, 2.45) is 0 Å². The van der Waals surface area contributed by atoms with E-state index in [1.54, 1.807) is 17.5 Å². The predicted molar refractivity (Wildman–Crippen MR) is 89.4 cm³/mol. The molecule has 2 atom stereocenters. The number of carbonyl (C=O) groups is 1. The highest BCUT2D eigenvalue weighted by molar-refractivity contribution is 7.91. The molecule has 0 spiro atoms. The molecule has 2 heterocycles. The van der Waals surface area contributed by atoms with Crippen LogP contribution in [0.1, 0.15) is 6.42 Å². The highest BCUT2D eigenvalue weighted by Crippen LogP contribution is 2.31. The third-order valence-electron chi connectivity index (χ3n) is 3.88. The second kappa shape index (κ2) is 7.11. The zero-order valence-electron chi connectivity index (χ0n) is 13.3. The molecule has 6 nitrogen and oxygen atoms in total. The fourth-order valence-corrected chi connectivity index (χ4v) is 5.46. The number of hydrogen-bond donors (Lipinski definition) is 0. The molecule has 134 valence electrons. The Hall–Kier alpha value is -1.97. The molecule has 0 N–H and O–H groups in total. The van der Waals surface area contributed by atoms with Gasteiger partial charge in [0, 0.05) is 6.42 Å². The maximum Gasteiger partial charge on any atom is 0.324 e.